The van der Waals surface area contributed by atoms with Gasteiger partial charge in [0, 0.05) is 6.42 Å². The molecule has 0 saturated heterocycles. The molecule has 0 atom stereocenters. The molecule has 1 aromatic rings. The Morgan fingerprint density at radius 3 is 2.50 bits per heavy atom. The van der Waals surface area contributed by atoms with E-state index in [1.807, 2.05) is 12.1 Å². The third kappa shape index (κ3) is 3.54. The molecule has 0 aromatic heterocycles. The van der Waals surface area contributed by atoms with Crippen LogP contribution in [0.15, 0.2) is 35.2 Å². The second-order valence-electron chi connectivity index (χ2n) is 3.09. The summed E-state index contributed by atoms with van der Waals surface area (Å²) in [5.41, 5.74) is 1.17. The lowest BCUT2D eigenvalue weighted by atomic mass is 10.1. The van der Waals surface area contributed by atoms with Gasteiger partial charge in [-0.2, -0.15) is 0 Å². The number of hydrogen-bond acceptors (Lipinski definition) is 1. The van der Waals surface area contributed by atoms with Crippen molar-refractivity contribution in [3.05, 3.63) is 46.6 Å². The van der Waals surface area contributed by atoms with E-state index in [0.29, 0.717) is 0 Å². The van der Waals surface area contributed by atoms with Crippen LogP contribution in [0.5, 0.6) is 0 Å². The summed E-state index contributed by atoms with van der Waals surface area (Å²) < 4.78 is 12.6. The maximum Gasteiger partial charge on any atom is 0.123 e. The van der Waals surface area contributed by atoms with Gasteiger partial charge in [0.05, 0.1) is 0 Å². The first-order chi connectivity index (χ1) is 6.76. The fourth-order valence-corrected chi connectivity index (χ4v) is 1.90. The minimum atomic E-state index is -0.168. The highest BCUT2D eigenvalue weighted by molar-refractivity contribution is 8.02. The Kier molecular flexibility index (Phi) is 4.74. The number of halogens is 1. The predicted octanol–water partition coefficient (Wildman–Crippen LogP) is 4.03. The topological polar surface area (TPSA) is 0 Å². The van der Waals surface area contributed by atoms with Gasteiger partial charge in [-0.15, -0.1) is 11.8 Å². The number of thioether (sulfide) groups is 1. The molecule has 0 unspecified atom stereocenters. The van der Waals surface area contributed by atoms with Crippen LogP contribution in [0.3, 0.4) is 0 Å². The third-order valence-electron chi connectivity index (χ3n) is 1.99. The van der Waals surface area contributed by atoms with Crippen molar-refractivity contribution in [1.82, 2.24) is 0 Å². The standard InChI is InChI=1S/C12H15FS/c1-3-4-12(14-2)9-10-5-7-11(13)8-6-10/h4-8H,3,9H2,1-2H3/b12-4-. The fourth-order valence-electron chi connectivity index (χ4n) is 1.26. The molecular formula is C12H15FS. The Morgan fingerprint density at radius 1 is 1.36 bits per heavy atom. The molecule has 2 heteroatoms. The lowest BCUT2D eigenvalue weighted by molar-refractivity contribution is 0.627. The first-order valence-electron chi connectivity index (χ1n) is 4.73. The van der Waals surface area contributed by atoms with Crippen molar-refractivity contribution in [3.63, 3.8) is 0 Å². The summed E-state index contributed by atoms with van der Waals surface area (Å²) >= 11 is 1.76. The number of rotatable bonds is 4. The minimum absolute atomic E-state index is 0.168. The molecule has 0 aliphatic carbocycles. The van der Waals surface area contributed by atoms with Crippen LogP contribution in [0.2, 0.25) is 0 Å². The zero-order chi connectivity index (χ0) is 10.4. The van der Waals surface area contributed by atoms with Crippen LogP contribution in [0, 0.1) is 5.82 Å². The lowest BCUT2D eigenvalue weighted by Gasteiger charge is -2.03. The van der Waals surface area contributed by atoms with Crippen LogP contribution in [-0.4, -0.2) is 6.26 Å². The van der Waals surface area contributed by atoms with E-state index in [4.69, 9.17) is 0 Å². The van der Waals surface area contributed by atoms with Crippen LogP contribution < -0.4 is 0 Å². The summed E-state index contributed by atoms with van der Waals surface area (Å²) in [6.07, 6.45) is 6.26. The van der Waals surface area contributed by atoms with E-state index in [1.54, 1.807) is 11.8 Å². The Balaban J connectivity index is 2.67. The summed E-state index contributed by atoms with van der Waals surface area (Å²) in [4.78, 5) is 1.35. The van der Waals surface area contributed by atoms with E-state index < -0.39 is 0 Å². The van der Waals surface area contributed by atoms with E-state index in [1.165, 1.54) is 22.6 Å². The molecule has 0 N–H and O–H groups in total. The monoisotopic (exact) mass is 210 g/mol. The van der Waals surface area contributed by atoms with Crippen molar-refractivity contribution in [2.45, 2.75) is 19.8 Å². The molecule has 76 valence electrons. The SMILES string of the molecule is CC/C=C(/Cc1ccc(F)cc1)SC. The van der Waals surface area contributed by atoms with Gasteiger partial charge in [0.2, 0.25) is 0 Å². The lowest BCUT2D eigenvalue weighted by Crippen LogP contribution is -1.87. The Bertz CT molecular complexity index is 301. The van der Waals surface area contributed by atoms with Gasteiger partial charge >= 0.3 is 0 Å². The fraction of sp³-hybridized carbons (Fsp3) is 0.333. The maximum absolute atomic E-state index is 12.6. The van der Waals surface area contributed by atoms with Crippen LogP contribution >= 0.6 is 11.8 Å². The molecule has 0 aliphatic rings. The summed E-state index contributed by atoms with van der Waals surface area (Å²) in [5, 5.41) is 0. The maximum atomic E-state index is 12.6. The first-order valence-corrected chi connectivity index (χ1v) is 5.96. The van der Waals surface area contributed by atoms with Gasteiger partial charge in [-0.05, 0) is 35.3 Å². The van der Waals surface area contributed by atoms with Gasteiger partial charge in [0.1, 0.15) is 5.82 Å². The van der Waals surface area contributed by atoms with E-state index >= 15 is 0 Å². The third-order valence-corrected chi connectivity index (χ3v) is 2.82. The molecule has 0 spiro atoms. The normalized spacial score (nSPS) is 11.8. The average molecular weight is 210 g/mol. The average Bonchev–Trinajstić information content (AvgIpc) is 2.20. The molecular weight excluding hydrogens is 195 g/mol. The largest absolute Gasteiger partial charge is 0.207 e. The highest BCUT2D eigenvalue weighted by atomic mass is 32.2. The summed E-state index contributed by atoms with van der Waals surface area (Å²) in [7, 11) is 0. The molecule has 0 bridgehead atoms. The molecule has 0 aliphatic heterocycles. The molecule has 0 radical (unpaired) electrons. The van der Waals surface area contributed by atoms with Gasteiger partial charge in [0.15, 0.2) is 0 Å². The molecule has 1 rings (SSSR count). The predicted molar refractivity (Wildman–Crippen MR) is 62.0 cm³/mol. The second kappa shape index (κ2) is 5.86. The molecule has 0 nitrogen and oxygen atoms in total. The molecule has 0 amide bonds. The zero-order valence-corrected chi connectivity index (χ0v) is 9.40. The van der Waals surface area contributed by atoms with Crippen molar-refractivity contribution in [2.75, 3.05) is 6.26 Å². The molecule has 0 fully saturated rings. The Hall–Kier alpha value is -0.760. The molecule has 0 heterocycles. The number of benzene rings is 1. The van der Waals surface area contributed by atoms with Crippen LogP contribution in [0.1, 0.15) is 18.9 Å². The van der Waals surface area contributed by atoms with Gasteiger partial charge in [0.25, 0.3) is 0 Å². The smallest absolute Gasteiger partial charge is 0.123 e. The van der Waals surface area contributed by atoms with E-state index in [0.717, 1.165) is 12.8 Å². The number of allylic oxidation sites excluding steroid dienone is 2. The van der Waals surface area contributed by atoms with Crippen LogP contribution in [0.25, 0.3) is 0 Å². The highest BCUT2D eigenvalue weighted by Crippen LogP contribution is 2.18. The van der Waals surface area contributed by atoms with E-state index in [2.05, 4.69) is 19.3 Å². The highest BCUT2D eigenvalue weighted by Gasteiger charge is 1.98. The zero-order valence-electron chi connectivity index (χ0n) is 8.59. The molecule has 14 heavy (non-hydrogen) atoms. The van der Waals surface area contributed by atoms with Crippen LogP contribution in [0.4, 0.5) is 4.39 Å². The molecule has 1 aromatic carbocycles. The Labute approximate surface area is 89.2 Å². The van der Waals surface area contributed by atoms with Gasteiger partial charge in [-0.25, -0.2) is 4.39 Å². The minimum Gasteiger partial charge on any atom is -0.207 e. The van der Waals surface area contributed by atoms with Gasteiger partial charge < -0.3 is 0 Å². The second-order valence-corrected chi connectivity index (χ2v) is 4.02. The summed E-state index contributed by atoms with van der Waals surface area (Å²) in [6, 6.07) is 6.71. The first kappa shape index (κ1) is 11.3. The van der Waals surface area contributed by atoms with E-state index in [9.17, 15) is 4.39 Å². The number of hydrogen-bond donors (Lipinski definition) is 0. The van der Waals surface area contributed by atoms with Crippen molar-refractivity contribution >= 4 is 11.8 Å². The van der Waals surface area contributed by atoms with Gasteiger partial charge in [-0.3, -0.25) is 0 Å². The van der Waals surface area contributed by atoms with Crippen molar-refractivity contribution in [2.24, 2.45) is 0 Å². The quantitative estimate of drug-likeness (QED) is 0.723. The Morgan fingerprint density at radius 2 is 2.00 bits per heavy atom. The van der Waals surface area contributed by atoms with E-state index in [-0.39, 0.29) is 5.82 Å². The summed E-state index contributed by atoms with van der Waals surface area (Å²) in [6.45, 7) is 2.13. The van der Waals surface area contributed by atoms with Crippen molar-refractivity contribution in [3.8, 4) is 0 Å². The van der Waals surface area contributed by atoms with Gasteiger partial charge in [-0.1, -0.05) is 25.1 Å². The molecule has 0 saturated carbocycles. The van der Waals surface area contributed by atoms with Crippen molar-refractivity contribution < 1.29 is 4.39 Å². The summed E-state index contributed by atoms with van der Waals surface area (Å²) in [5.74, 6) is -0.168. The van der Waals surface area contributed by atoms with Crippen molar-refractivity contribution in [1.29, 1.82) is 0 Å². The van der Waals surface area contributed by atoms with Crippen LogP contribution in [-0.2, 0) is 6.42 Å².